The summed E-state index contributed by atoms with van der Waals surface area (Å²) >= 11 is 1.95. The summed E-state index contributed by atoms with van der Waals surface area (Å²) in [5, 5.41) is 0.598. The molecule has 2 aromatic heterocycles. The van der Waals surface area contributed by atoms with Gasteiger partial charge in [-0.3, -0.25) is 9.78 Å². The molecule has 2 heterocycles. The summed E-state index contributed by atoms with van der Waals surface area (Å²) in [5.41, 5.74) is 6.57. The summed E-state index contributed by atoms with van der Waals surface area (Å²) in [6.07, 6.45) is 5.99. The first-order valence-electron chi connectivity index (χ1n) is 9.94. The Hall–Kier alpha value is -2.33. The number of thioether (sulfide) groups is 1. The molecule has 0 aliphatic heterocycles. The van der Waals surface area contributed by atoms with Gasteiger partial charge < -0.3 is 4.98 Å². The Morgan fingerprint density at radius 2 is 1.86 bits per heavy atom. The quantitative estimate of drug-likeness (QED) is 0.600. The van der Waals surface area contributed by atoms with Gasteiger partial charge >= 0.3 is 0 Å². The van der Waals surface area contributed by atoms with Gasteiger partial charge in [0.15, 0.2) is 5.78 Å². The summed E-state index contributed by atoms with van der Waals surface area (Å²) in [6, 6.07) is 14.4. The minimum atomic E-state index is 0.290. The van der Waals surface area contributed by atoms with E-state index in [1.165, 1.54) is 5.56 Å². The number of nitrogens with zero attached hydrogens (tertiary/aromatic N) is 1. The summed E-state index contributed by atoms with van der Waals surface area (Å²) in [5.74, 6) is 1.75. The highest BCUT2D eigenvalue weighted by Gasteiger charge is 2.31. The Labute approximate surface area is 171 Å². The number of ketones is 1. The largest absolute Gasteiger partial charge is 0.358 e. The van der Waals surface area contributed by atoms with E-state index in [0.29, 0.717) is 17.6 Å². The molecule has 4 heteroatoms. The number of pyridine rings is 1. The highest BCUT2D eigenvalue weighted by molar-refractivity contribution is 7.99. The molecule has 4 rings (SSSR count). The van der Waals surface area contributed by atoms with Crippen LogP contribution in [-0.2, 0) is 12.8 Å². The maximum Gasteiger partial charge on any atom is 0.165 e. The molecule has 0 radical (unpaired) electrons. The van der Waals surface area contributed by atoms with Gasteiger partial charge in [0, 0.05) is 42.1 Å². The Balaban J connectivity index is 1.73. The molecular formula is C24H26N2OS. The monoisotopic (exact) mass is 390 g/mol. The van der Waals surface area contributed by atoms with Gasteiger partial charge in [-0.15, -0.1) is 0 Å². The molecule has 1 atom stereocenters. The van der Waals surface area contributed by atoms with Gasteiger partial charge in [-0.05, 0) is 46.6 Å². The van der Waals surface area contributed by atoms with Gasteiger partial charge in [-0.2, -0.15) is 11.8 Å². The van der Waals surface area contributed by atoms with Gasteiger partial charge in [0.05, 0.1) is 5.69 Å². The molecule has 0 amide bonds. The molecule has 3 aromatic rings. The zero-order chi connectivity index (χ0) is 19.5. The number of nitrogens with one attached hydrogen (secondary N) is 1. The third kappa shape index (κ3) is 4.07. The fourth-order valence-electron chi connectivity index (χ4n) is 4.00. The van der Waals surface area contributed by atoms with Crippen molar-refractivity contribution in [1.29, 1.82) is 0 Å². The van der Waals surface area contributed by atoms with Crippen molar-refractivity contribution in [3.63, 3.8) is 0 Å². The number of carbonyl (C=O) groups is 1. The molecule has 0 fully saturated rings. The van der Waals surface area contributed by atoms with Crippen LogP contribution in [0.3, 0.4) is 0 Å². The highest BCUT2D eigenvalue weighted by atomic mass is 32.2. The number of carbonyl (C=O) groups excluding carboxylic acids is 1. The van der Waals surface area contributed by atoms with Crippen LogP contribution in [-0.4, -0.2) is 26.8 Å². The first-order chi connectivity index (χ1) is 13.6. The molecule has 1 N–H and O–H groups in total. The minimum Gasteiger partial charge on any atom is -0.358 e. The second-order valence-electron chi connectivity index (χ2n) is 7.81. The van der Waals surface area contributed by atoms with Crippen LogP contribution >= 0.6 is 11.8 Å². The van der Waals surface area contributed by atoms with E-state index in [9.17, 15) is 4.79 Å². The average Bonchev–Trinajstić information content (AvgIpc) is 3.06. The van der Waals surface area contributed by atoms with E-state index in [0.717, 1.165) is 46.7 Å². The average molecular weight is 391 g/mol. The lowest BCUT2D eigenvalue weighted by Gasteiger charge is -2.22. The molecule has 0 saturated heterocycles. The standard InChI is InChI=1S/C24H26N2OS/c1-16(2)28-15-18-13-21-23(22(27)14-18)20(12-17-6-4-3-5-7-17)24(26-21)19-8-10-25-11-9-19/h3-11,16,18,26H,12-15H2,1-2H3. The SMILES string of the molecule is CC(C)SCC1CC(=O)c2c([nH]c(-c3ccncc3)c2Cc2ccccc2)C1. The number of benzene rings is 1. The summed E-state index contributed by atoms with van der Waals surface area (Å²) in [7, 11) is 0. The van der Waals surface area contributed by atoms with E-state index in [4.69, 9.17) is 0 Å². The van der Waals surface area contributed by atoms with Crippen molar-refractivity contribution in [3.05, 3.63) is 77.2 Å². The van der Waals surface area contributed by atoms with Crippen LogP contribution in [0, 0.1) is 5.92 Å². The molecule has 0 bridgehead atoms. The first-order valence-corrected chi connectivity index (χ1v) is 11.0. The fourth-order valence-corrected chi connectivity index (χ4v) is 4.89. The molecule has 1 unspecified atom stereocenters. The lowest BCUT2D eigenvalue weighted by molar-refractivity contribution is 0.0953. The van der Waals surface area contributed by atoms with Crippen molar-refractivity contribution >= 4 is 17.5 Å². The van der Waals surface area contributed by atoms with Crippen LogP contribution in [0.1, 0.15) is 47.4 Å². The van der Waals surface area contributed by atoms with Gasteiger partial charge in [0.2, 0.25) is 0 Å². The Kier molecular flexibility index (Phi) is 5.67. The third-order valence-corrected chi connectivity index (χ3v) is 6.62. The van der Waals surface area contributed by atoms with Crippen molar-refractivity contribution in [2.75, 3.05) is 5.75 Å². The van der Waals surface area contributed by atoms with Crippen molar-refractivity contribution < 1.29 is 4.79 Å². The van der Waals surface area contributed by atoms with E-state index >= 15 is 0 Å². The number of H-pyrrole nitrogens is 1. The van der Waals surface area contributed by atoms with Crippen LogP contribution in [0.5, 0.6) is 0 Å². The second-order valence-corrected chi connectivity index (χ2v) is 9.42. The minimum absolute atomic E-state index is 0.290. The smallest absolute Gasteiger partial charge is 0.165 e. The van der Waals surface area contributed by atoms with Gasteiger partial charge in [-0.1, -0.05) is 44.2 Å². The number of hydrogen-bond donors (Lipinski definition) is 1. The Morgan fingerprint density at radius 3 is 2.57 bits per heavy atom. The van der Waals surface area contributed by atoms with Crippen LogP contribution in [0.4, 0.5) is 0 Å². The number of Topliss-reactive ketones (excluding diaryl/α,β-unsaturated/α-hetero) is 1. The van der Waals surface area contributed by atoms with Crippen LogP contribution in [0.25, 0.3) is 11.3 Å². The van der Waals surface area contributed by atoms with Crippen LogP contribution in [0.15, 0.2) is 54.9 Å². The van der Waals surface area contributed by atoms with Crippen molar-refractivity contribution in [3.8, 4) is 11.3 Å². The maximum absolute atomic E-state index is 13.2. The molecule has 28 heavy (non-hydrogen) atoms. The highest BCUT2D eigenvalue weighted by Crippen LogP contribution is 2.37. The first kappa shape index (κ1) is 19.0. The van der Waals surface area contributed by atoms with E-state index in [1.807, 2.05) is 42.4 Å². The number of aromatic nitrogens is 2. The van der Waals surface area contributed by atoms with Crippen LogP contribution in [0.2, 0.25) is 0 Å². The molecule has 1 aromatic carbocycles. The zero-order valence-electron chi connectivity index (χ0n) is 16.4. The topological polar surface area (TPSA) is 45.8 Å². The number of aromatic amines is 1. The summed E-state index contributed by atoms with van der Waals surface area (Å²) in [4.78, 5) is 20.9. The summed E-state index contributed by atoms with van der Waals surface area (Å²) < 4.78 is 0. The molecule has 3 nitrogen and oxygen atoms in total. The van der Waals surface area contributed by atoms with E-state index in [-0.39, 0.29) is 5.78 Å². The van der Waals surface area contributed by atoms with Crippen LogP contribution < -0.4 is 0 Å². The number of fused-ring (bicyclic) bond motifs is 1. The predicted molar refractivity (Wildman–Crippen MR) is 117 cm³/mol. The third-order valence-electron chi connectivity index (χ3n) is 5.28. The maximum atomic E-state index is 13.2. The zero-order valence-corrected chi connectivity index (χ0v) is 17.3. The van der Waals surface area contributed by atoms with Gasteiger partial charge in [0.25, 0.3) is 0 Å². The van der Waals surface area contributed by atoms with E-state index in [1.54, 1.807) is 0 Å². The molecule has 1 aliphatic rings. The molecule has 0 saturated carbocycles. The van der Waals surface area contributed by atoms with Crippen molar-refractivity contribution in [1.82, 2.24) is 9.97 Å². The van der Waals surface area contributed by atoms with E-state index < -0.39 is 0 Å². The van der Waals surface area contributed by atoms with Gasteiger partial charge in [0.1, 0.15) is 0 Å². The van der Waals surface area contributed by atoms with Gasteiger partial charge in [-0.25, -0.2) is 0 Å². The Morgan fingerprint density at radius 1 is 1.11 bits per heavy atom. The van der Waals surface area contributed by atoms with Crippen molar-refractivity contribution in [2.24, 2.45) is 5.92 Å². The Bertz CT molecular complexity index is 947. The number of hydrogen-bond acceptors (Lipinski definition) is 3. The summed E-state index contributed by atoms with van der Waals surface area (Å²) in [6.45, 7) is 4.43. The molecule has 0 spiro atoms. The molecular weight excluding hydrogens is 364 g/mol. The lowest BCUT2D eigenvalue weighted by atomic mass is 9.84. The predicted octanol–water partition coefficient (Wildman–Crippen LogP) is 5.55. The molecule has 1 aliphatic carbocycles. The fraction of sp³-hybridized carbons (Fsp3) is 0.333. The lowest BCUT2D eigenvalue weighted by Crippen LogP contribution is -2.22. The second kappa shape index (κ2) is 8.36. The number of rotatable bonds is 6. The van der Waals surface area contributed by atoms with E-state index in [2.05, 4.69) is 48.1 Å². The molecule has 144 valence electrons. The normalized spacial score (nSPS) is 16.4. The van der Waals surface area contributed by atoms with Crippen molar-refractivity contribution in [2.45, 2.75) is 38.4 Å².